The summed E-state index contributed by atoms with van der Waals surface area (Å²) in [5.74, 6) is -0.0117. The first kappa shape index (κ1) is 9.92. The Morgan fingerprint density at radius 3 is 2.92 bits per heavy atom. The minimum Gasteiger partial charge on any atom is -0.398 e. The molecular formula is C9H9BrN2O. The van der Waals surface area contributed by atoms with Gasteiger partial charge in [-0.05, 0) is 41.1 Å². The minimum absolute atomic E-state index is 0.0117. The standard InChI is InChI=1S/C9H9BrN2O/c1-6(13)2-3-7-5-12-9(10)4-8(7)11/h2-5H,1H3,(H2,11,12). The highest BCUT2D eigenvalue weighted by molar-refractivity contribution is 9.10. The predicted octanol–water partition coefficient (Wildman–Crippen LogP) is 2.03. The predicted molar refractivity (Wildman–Crippen MR) is 56.1 cm³/mol. The van der Waals surface area contributed by atoms with E-state index in [9.17, 15) is 4.79 Å². The molecule has 0 aliphatic rings. The summed E-state index contributed by atoms with van der Waals surface area (Å²) in [6, 6.07) is 1.69. The van der Waals surface area contributed by atoms with Crippen LogP contribution in [0.4, 0.5) is 5.69 Å². The monoisotopic (exact) mass is 240 g/mol. The molecule has 0 aliphatic carbocycles. The first-order valence-electron chi connectivity index (χ1n) is 3.69. The summed E-state index contributed by atoms with van der Waals surface area (Å²) in [6.07, 6.45) is 4.72. The Labute approximate surface area is 84.8 Å². The molecule has 4 heteroatoms. The lowest BCUT2D eigenvalue weighted by atomic mass is 10.2. The number of carbonyl (C=O) groups is 1. The largest absolute Gasteiger partial charge is 0.398 e. The summed E-state index contributed by atoms with van der Waals surface area (Å²) >= 11 is 3.19. The summed E-state index contributed by atoms with van der Waals surface area (Å²) in [4.78, 5) is 14.6. The Balaban J connectivity index is 2.96. The zero-order valence-electron chi connectivity index (χ0n) is 7.12. The van der Waals surface area contributed by atoms with Crippen LogP contribution >= 0.6 is 15.9 Å². The van der Waals surface area contributed by atoms with Gasteiger partial charge in [-0.1, -0.05) is 0 Å². The van der Waals surface area contributed by atoms with Crippen LogP contribution in [-0.4, -0.2) is 10.8 Å². The second kappa shape index (κ2) is 4.18. The zero-order chi connectivity index (χ0) is 9.84. The fourth-order valence-corrected chi connectivity index (χ4v) is 1.15. The van der Waals surface area contributed by atoms with Crippen molar-refractivity contribution in [1.82, 2.24) is 4.98 Å². The maximum atomic E-state index is 10.6. The number of aromatic nitrogens is 1. The average molecular weight is 241 g/mol. The number of nitrogens with two attached hydrogens (primary N) is 1. The molecule has 13 heavy (non-hydrogen) atoms. The van der Waals surface area contributed by atoms with Gasteiger partial charge >= 0.3 is 0 Å². The Morgan fingerprint density at radius 1 is 1.69 bits per heavy atom. The molecule has 0 amide bonds. The highest BCUT2D eigenvalue weighted by Crippen LogP contribution is 2.16. The van der Waals surface area contributed by atoms with Crippen molar-refractivity contribution in [3.8, 4) is 0 Å². The molecule has 0 aromatic carbocycles. The molecule has 1 aromatic heterocycles. The van der Waals surface area contributed by atoms with Crippen molar-refractivity contribution in [3.63, 3.8) is 0 Å². The van der Waals surface area contributed by atoms with Crippen molar-refractivity contribution in [2.45, 2.75) is 6.92 Å². The van der Waals surface area contributed by atoms with Gasteiger partial charge < -0.3 is 5.73 Å². The van der Waals surface area contributed by atoms with Gasteiger partial charge in [0.05, 0.1) is 0 Å². The Kier molecular flexibility index (Phi) is 3.19. The number of hydrogen-bond donors (Lipinski definition) is 1. The van der Waals surface area contributed by atoms with Gasteiger partial charge in [0.15, 0.2) is 5.78 Å². The van der Waals surface area contributed by atoms with Crippen molar-refractivity contribution in [1.29, 1.82) is 0 Å². The first-order chi connectivity index (χ1) is 6.09. The molecule has 0 saturated carbocycles. The molecule has 3 nitrogen and oxygen atoms in total. The third kappa shape index (κ3) is 2.99. The molecule has 0 radical (unpaired) electrons. The highest BCUT2D eigenvalue weighted by Gasteiger charge is 1.96. The van der Waals surface area contributed by atoms with Gasteiger partial charge in [-0.2, -0.15) is 0 Å². The van der Waals surface area contributed by atoms with Gasteiger partial charge in [0.1, 0.15) is 4.60 Å². The maximum absolute atomic E-state index is 10.6. The Hall–Kier alpha value is -1.16. The highest BCUT2D eigenvalue weighted by atomic mass is 79.9. The molecule has 68 valence electrons. The van der Waals surface area contributed by atoms with E-state index in [0.717, 1.165) is 5.56 Å². The number of carbonyl (C=O) groups excluding carboxylic acids is 1. The molecule has 1 aromatic rings. The van der Waals surface area contributed by atoms with Crippen LogP contribution in [0.5, 0.6) is 0 Å². The summed E-state index contributed by atoms with van der Waals surface area (Å²) in [6.45, 7) is 1.49. The third-order valence-electron chi connectivity index (χ3n) is 1.43. The summed E-state index contributed by atoms with van der Waals surface area (Å²) in [7, 11) is 0. The van der Waals surface area contributed by atoms with Crippen LogP contribution < -0.4 is 5.73 Å². The zero-order valence-corrected chi connectivity index (χ0v) is 8.71. The number of rotatable bonds is 2. The van der Waals surface area contributed by atoms with Crippen LogP contribution in [0.1, 0.15) is 12.5 Å². The fraction of sp³-hybridized carbons (Fsp3) is 0.111. The van der Waals surface area contributed by atoms with E-state index >= 15 is 0 Å². The molecule has 0 fully saturated rings. The molecule has 0 aliphatic heterocycles. The van der Waals surface area contributed by atoms with Crippen LogP contribution in [0, 0.1) is 0 Å². The second-order valence-electron chi connectivity index (χ2n) is 2.58. The lowest BCUT2D eigenvalue weighted by Gasteiger charge is -1.98. The van der Waals surface area contributed by atoms with Crippen LogP contribution in [0.3, 0.4) is 0 Å². The number of ketones is 1. The number of allylic oxidation sites excluding steroid dienone is 1. The molecule has 0 atom stereocenters. The van der Waals surface area contributed by atoms with Gasteiger partial charge in [-0.3, -0.25) is 4.79 Å². The lowest BCUT2D eigenvalue weighted by Crippen LogP contribution is -1.91. The lowest BCUT2D eigenvalue weighted by molar-refractivity contribution is -0.112. The quantitative estimate of drug-likeness (QED) is 0.636. The normalized spacial score (nSPS) is 10.6. The van der Waals surface area contributed by atoms with Crippen molar-refractivity contribution >= 4 is 33.5 Å². The molecule has 0 saturated heterocycles. The Morgan fingerprint density at radius 2 is 2.38 bits per heavy atom. The van der Waals surface area contributed by atoms with Gasteiger partial charge in [-0.15, -0.1) is 0 Å². The molecule has 1 rings (SSSR count). The number of pyridine rings is 1. The van der Waals surface area contributed by atoms with Crippen molar-refractivity contribution in [2.75, 3.05) is 5.73 Å². The maximum Gasteiger partial charge on any atom is 0.152 e. The smallest absolute Gasteiger partial charge is 0.152 e. The first-order valence-corrected chi connectivity index (χ1v) is 4.48. The van der Waals surface area contributed by atoms with Crippen LogP contribution in [0.2, 0.25) is 0 Å². The van der Waals surface area contributed by atoms with Gasteiger partial charge in [0.2, 0.25) is 0 Å². The topological polar surface area (TPSA) is 56.0 Å². The number of nitrogens with zero attached hydrogens (tertiary/aromatic N) is 1. The van der Waals surface area contributed by atoms with Crippen molar-refractivity contribution in [3.05, 3.63) is 28.5 Å². The number of anilines is 1. The van der Waals surface area contributed by atoms with Gasteiger partial charge in [0.25, 0.3) is 0 Å². The second-order valence-corrected chi connectivity index (χ2v) is 3.39. The van der Waals surface area contributed by atoms with Gasteiger partial charge in [0, 0.05) is 17.4 Å². The minimum atomic E-state index is -0.0117. The summed E-state index contributed by atoms with van der Waals surface area (Å²) in [5, 5.41) is 0. The van der Waals surface area contributed by atoms with Crippen molar-refractivity contribution in [2.24, 2.45) is 0 Å². The SMILES string of the molecule is CC(=O)C=Cc1cnc(Br)cc1N. The van der Waals surface area contributed by atoms with E-state index in [-0.39, 0.29) is 5.78 Å². The molecule has 0 spiro atoms. The van der Waals surface area contributed by atoms with Crippen LogP contribution in [-0.2, 0) is 4.79 Å². The van der Waals surface area contributed by atoms with E-state index in [1.165, 1.54) is 13.0 Å². The van der Waals surface area contributed by atoms with Crippen molar-refractivity contribution < 1.29 is 4.79 Å². The van der Waals surface area contributed by atoms with E-state index in [1.54, 1.807) is 18.3 Å². The van der Waals surface area contributed by atoms with E-state index in [4.69, 9.17) is 5.73 Å². The third-order valence-corrected chi connectivity index (χ3v) is 1.87. The van der Waals surface area contributed by atoms with Crippen LogP contribution in [0.25, 0.3) is 6.08 Å². The van der Waals surface area contributed by atoms with E-state index < -0.39 is 0 Å². The number of halogens is 1. The Bertz CT molecular complexity index is 361. The molecule has 1 heterocycles. The molecule has 0 bridgehead atoms. The summed E-state index contributed by atoms with van der Waals surface area (Å²) < 4.78 is 0.685. The van der Waals surface area contributed by atoms with Crippen LogP contribution in [0.15, 0.2) is 22.9 Å². The molecular weight excluding hydrogens is 232 g/mol. The number of hydrogen-bond acceptors (Lipinski definition) is 3. The molecule has 2 N–H and O–H groups in total. The number of nitrogen functional groups attached to an aromatic ring is 1. The average Bonchev–Trinajstić information content (AvgIpc) is 2.02. The van der Waals surface area contributed by atoms with E-state index in [1.807, 2.05) is 0 Å². The molecule has 0 unspecified atom stereocenters. The van der Waals surface area contributed by atoms with Gasteiger partial charge in [-0.25, -0.2) is 4.98 Å². The fourth-order valence-electron chi connectivity index (χ4n) is 0.801. The van der Waals surface area contributed by atoms with E-state index in [0.29, 0.717) is 10.3 Å². The van der Waals surface area contributed by atoms with E-state index in [2.05, 4.69) is 20.9 Å². The summed E-state index contributed by atoms with van der Waals surface area (Å²) in [5.41, 5.74) is 7.02.